The molecule has 0 radical (unpaired) electrons. The summed E-state index contributed by atoms with van der Waals surface area (Å²) in [4.78, 5) is 11.7. The van der Waals surface area contributed by atoms with Crippen molar-refractivity contribution in [3.63, 3.8) is 0 Å². The Morgan fingerprint density at radius 2 is 2.00 bits per heavy atom. The van der Waals surface area contributed by atoms with E-state index in [2.05, 4.69) is 30.8 Å². The van der Waals surface area contributed by atoms with Crippen LogP contribution in [0.4, 0.5) is 14.5 Å². The first-order valence-corrected chi connectivity index (χ1v) is 5.88. The van der Waals surface area contributed by atoms with Gasteiger partial charge in [-0.1, -0.05) is 20.4 Å². The normalized spacial score (nSPS) is 10.3. The van der Waals surface area contributed by atoms with E-state index in [9.17, 15) is 13.6 Å². The van der Waals surface area contributed by atoms with E-state index >= 15 is 0 Å². The second-order valence-corrected chi connectivity index (χ2v) is 4.68. The fourth-order valence-electron chi connectivity index (χ4n) is 1.10. The van der Waals surface area contributed by atoms with E-state index in [1.165, 1.54) is 6.20 Å². The standard InChI is InChI=1S/C9H4BrF2N3OS/c10-4-1-5(11)8(6(12)2-4)14-9(16)7-3-13-15-17-7/h1-3H,(H,14,16). The van der Waals surface area contributed by atoms with E-state index in [4.69, 9.17) is 0 Å². The lowest BCUT2D eigenvalue weighted by Gasteiger charge is -2.06. The summed E-state index contributed by atoms with van der Waals surface area (Å²) in [6, 6.07) is 2.12. The van der Waals surface area contributed by atoms with Crippen LogP contribution in [-0.2, 0) is 0 Å². The third-order valence-corrected chi connectivity index (χ3v) is 2.95. The van der Waals surface area contributed by atoms with Crippen molar-refractivity contribution in [2.24, 2.45) is 0 Å². The van der Waals surface area contributed by atoms with Gasteiger partial charge in [-0.15, -0.1) is 5.10 Å². The molecule has 0 unspecified atom stereocenters. The van der Waals surface area contributed by atoms with Gasteiger partial charge < -0.3 is 5.32 Å². The zero-order valence-electron chi connectivity index (χ0n) is 8.08. The molecule has 0 aliphatic heterocycles. The van der Waals surface area contributed by atoms with Crippen molar-refractivity contribution in [3.8, 4) is 0 Å². The number of rotatable bonds is 2. The molecule has 1 amide bonds. The van der Waals surface area contributed by atoms with Crippen LogP contribution in [-0.4, -0.2) is 15.5 Å². The summed E-state index contributed by atoms with van der Waals surface area (Å²) < 4.78 is 30.5. The Morgan fingerprint density at radius 1 is 1.35 bits per heavy atom. The minimum atomic E-state index is -0.859. The highest BCUT2D eigenvalue weighted by atomic mass is 79.9. The van der Waals surface area contributed by atoms with Crippen LogP contribution in [0.15, 0.2) is 22.8 Å². The number of benzene rings is 1. The quantitative estimate of drug-likeness (QED) is 0.926. The summed E-state index contributed by atoms with van der Waals surface area (Å²) in [5.41, 5.74) is -0.494. The maximum Gasteiger partial charge on any atom is 0.269 e. The van der Waals surface area contributed by atoms with Crippen molar-refractivity contribution in [1.29, 1.82) is 0 Å². The van der Waals surface area contributed by atoms with Crippen LogP contribution in [0.3, 0.4) is 0 Å². The van der Waals surface area contributed by atoms with Crippen molar-refractivity contribution < 1.29 is 13.6 Å². The fourth-order valence-corrected chi connectivity index (χ4v) is 1.92. The summed E-state index contributed by atoms with van der Waals surface area (Å²) >= 11 is 3.78. The molecule has 2 rings (SSSR count). The summed E-state index contributed by atoms with van der Waals surface area (Å²) in [6.07, 6.45) is 1.22. The molecular formula is C9H4BrF2N3OS. The molecule has 0 saturated heterocycles. The predicted octanol–water partition coefficient (Wildman–Crippen LogP) is 2.83. The first-order valence-electron chi connectivity index (χ1n) is 4.31. The van der Waals surface area contributed by atoms with Gasteiger partial charge in [0.1, 0.15) is 10.6 Å². The lowest BCUT2D eigenvalue weighted by molar-refractivity contribution is 0.102. The first kappa shape index (κ1) is 12.1. The lowest BCUT2D eigenvalue weighted by Crippen LogP contribution is -2.13. The highest BCUT2D eigenvalue weighted by Crippen LogP contribution is 2.24. The third kappa shape index (κ3) is 2.64. The van der Waals surface area contributed by atoms with Gasteiger partial charge in [-0.3, -0.25) is 4.79 Å². The maximum absolute atomic E-state index is 13.4. The van der Waals surface area contributed by atoms with E-state index in [1.807, 2.05) is 0 Å². The molecule has 4 nitrogen and oxygen atoms in total. The monoisotopic (exact) mass is 319 g/mol. The molecule has 0 aliphatic rings. The molecule has 0 fully saturated rings. The van der Waals surface area contributed by atoms with Gasteiger partial charge in [0, 0.05) is 4.47 Å². The van der Waals surface area contributed by atoms with E-state index < -0.39 is 23.2 Å². The third-order valence-electron chi connectivity index (χ3n) is 1.83. The van der Waals surface area contributed by atoms with Gasteiger partial charge in [0.15, 0.2) is 11.6 Å². The SMILES string of the molecule is O=C(Nc1c(F)cc(Br)cc1F)c1cnns1. The highest BCUT2D eigenvalue weighted by Gasteiger charge is 2.15. The van der Waals surface area contributed by atoms with Crippen molar-refractivity contribution in [3.05, 3.63) is 39.3 Å². The summed E-state index contributed by atoms with van der Waals surface area (Å²) in [5, 5.41) is 5.59. The minimum absolute atomic E-state index is 0.173. The van der Waals surface area contributed by atoms with Crippen LogP contribution >= 0.6 is 27.5 Å². The van der Waals surface area contributed by atoms with Crippen LogP contribution in [0.2, 0.25) is 0 Å². The first-order chi connectivity index (χ1) is 8.08. The van der Waals surface area contributed by atoms with Crippen molar-refractivity contribution >= 4 is 39.1 Å². The molecule has 1 aromatic heterocycles. The van der Waals surface area contributed by atoms with Gasteiger partial charge in [0.2, 0.25) is 0 Å². The van der Waals surface area contributed by atoms with Gasteiger partial charge in [0.25, 0.3) is 5.91 Å². The number of carbonyl (C=O) groups is 1. The smallest absolute Gasteiger partial charge is 0.269 e. The molecule has 0 bridgehead atoms. The molecule has 0 spiro atoms. The Bertz CT molecular complexity index is 538. The number of nitrogens with one attached hydrogen (secondary N) is 1. The van der Waals surface area contributed by atoms with Gasteiger partial charge in [-0.2, -0.15) is 0 Å². The van der Waals surface area contributed by atoms with E-state index in [-0.39, 0.29) is 9.35 Å². The molecule has 1 N–H and O–H groups in total. The van der Waals surface area contributed by atoms with Gasteiger partial charge in [-0.25, -0.2) is 8.78 Å². The zero-order valence-corrected chi connectivity index (χ0v) is 10.5. The maximum atomic E-state index is 13.4. The van der Waals surface area contributed by atoms with Crippen molar-refractivity contribution in [1.82, 2.24) is 9.59 Å². The molecule has 1 aromatic carbocycles. The van der Waals surface area contributed by atoms with Crippen molar-refractivity contribution in [2.45, 2.75) is 0 Å². The number of halogens is 3. The predicted molar refractivity (Wildman–Crippen MR) is 61.9 cm³/mol. The molecule has 0 aliphatic carbocycles. The van der Waals surface area contributed by atoms with Crippen molar-refractivity contribution in [2.75, 3.05) is 5.32 Å². The van der Waals surface area contributed by atoms with Gasteiger partial charge >= 0.3 is 0 Å². The number of hydrogen-bond acceptors (Lipinski definition) is 4. The number of hydrogen-bond donors (Lipinski definition) is 1. The van der Waals surface area contributed by atoms with Crippen LogP contribution in [0.5, 0.6) is 0 Å². The van der Waals surface area contributed by atoms with Gasteiger partial charge in [-0.05, 0) is 23.7 Å². The Hall–Kier alpha value is -1.41. The number of carbonyl (C=O) groups excluding carboxylic acids is 1. The number of aromatic nitrogens is 2. The minimum Gasteiger partial charge on any atom is -0.316 e. The van der Waals surface area contributed by atoms with Crippen LogP contribution in [0.1, 0.15) is 9.67 Å². The number of nitrogens with zero attached hydrogens (tertiary/aromatic N) is 2. The summed E-state index contributed by atoms with van der Waals surface area (Å²) in [7, 11) is 0. The van der Waals surface area contributed by atoms with E-state index in [0.29, 0.717) is 0 Å². The molecule has 0 atom stereocenters. The molecule has 0 saturated carbocycles. The topological polar surface area (TPSA) is 54.9 Å². The van der Waals surface area contributed by atoms with Crippen LogP contribution < -0.4 is 5.32 Å². The van der Waals surface area contributed by atoms with Gasteiger partial charge in [0.05, 0.1) is 6.20 Å². The number of amides is 1. The zero-order chi connectivity index (χ0) is 12.4. The van der Waals surface area contributed by atoms with E-state index in [1.54, 1.807) is 0 Å². The molecule has 17 heavy (non-hydrogen) atoms. The Labute approximate surface area is 107 Å². The van der Waals surface area contributed by atoms with E-state index in [0.717, 1.165) is 23.7 Å². The molecular weight excluding hydrogens is 316 g/mol. The average Bonchev–Trinajstić information content (AvgIpc) is 2.76. The largest absolute Gasteiger partial charge is 0.316 e. The molecule has 1 heterocycles. The average molecular weight is 320 g/mol. The molecule has 2 aromatic rings. The Kier molecular flexibility index (Phi) is 3.43. The highest BCUT2D eigenvalue weighted by molar-refractivity contribution is 9.10. The molecule has 8 heteroatoms. The Balaban J connectivity index is 2.28. The number of anilines is 1. The molecule has 88 valence electrons. The second kappa shape index (κ2) is 4.84. The summed E-state index contributed by atoms with van der Waals surface area (Å²) in [5.74, 6) is -2.37. The fraction of sp³-hybridized carbons (Fsp3) is 0. The Morgan fingerprint density at radius 3 is 2.53 bits per heavy atom. The second-order valence-electron chi connectivity index (χ2n) is 2.98. The van der Waals surface area contributed by atoms with Crippen LogP contribution in [0, 0.1) is 11.6 Å². The summed E-state index contributed by atoms with van der Waals surface area (Å²) in [6.45, 7) is 0. The lowest BCUT2D eigenvalue weighted by atomic mass is 10.3. The van der Waals surface area contributed by atoms with Crippen LogP contribution in [0.25, 0.3) is 0 Å².